The van der Waals surface area contributed by atoms with Crippen molar-refractivity contribution >= 4 is 28.5 Å². The van der Waals surface area contributed by atoms with E-state index in [1.54, 1.807) is 16.2 Å². The van der Waals surface area contributed by atoms with Crippen molar-refractivity contribution in [2.75, 3.05) is 31.6 Å². The molecular formula is C27H41N5O3. The van der Waals surface area contributed by atoms with Crippen LogP contribution in [0, 0.1) is 5.92 Å². The van der Waals surface area contributed by atoms with E-state index >= 15 is 0 Å². The van der Waals surface area contributed by atoms with Gasteiger partial charge in [0, 0.05) is 39.1 Å². The Morgan fingerprint density at radius 1 is 1.11 bits per heavy atom. The highest BCUT2D eigenvalue weighted by atomic mass is 16.2. The van der Waals surface area contributed by atoms with Gasteiger partial charge in [0.2, 0.25) is 11.8 Å². The summed E-state index contributed by atoms with van der Waals surface area (Å²) in [5.41, 5.74) is 2.44. The fourth-order valence-electron chi connectivity index (χ4n) is 5.92. The zero-order chi connectivity index (χ0) is 25.1. The number of anilines is 1. The lowest BCUT2D eigenvalue weighted by Gasteiger charge is -2.39. The number of nitrogens with one attached hydrogen (secondary N) is 1. The Hall–Kier alpha value is -2.61. The van der Waals surface area contributed by atoms with E-state index in [9.17, 15) is 14.4 Å². The van der Waals surface area contributed by atoms with Crippen LogP contribution in [-0.4, -0.2) is 58.6 Å². The number of piperidine rings is 2. The van der Waals surface area contributed by atoms with E-state index in [1.807, 2.05) is 12.1 Å². The van der Waals surface area contributed by atoms with E-state index < -0.39 is 11.9 Å². The Kier molecular flexibility index (Phi) is 7.99. The van der Waals surface area contributed by atoms with Crippen molar-refractivity contribution in [2.24, 2.45) is 13.0 Å². The molecule has 35 heavy (non-hydrogen) atoms. The number of imidazole rings is 1. The Labute approximate surface area is 208 Å². The lowest BCUT2D eigenvalue weighted by Crippen LogP contribution is -2.44. The fourth-order valence-corrected chi connectivity index (χ4v) is 5.92. The van der Waals surface area contributed by atoms with Crippen molar-refractivity contribution in [3.05, 3.63) is 28.7 Å². The summed E-state index contributed by atoms with van der Waals surface area (Å²) >= 11 is 0. The number of carbonyl (C=O) groups is 2. The lowest BCUT2D eigenvalue weighted by molar-refractivity contribution is -0.135. The number of benzene rings is 1. The van der Waals surface area contributed by atoms with Crippen LogP contribution < -0.4 is 15.9 Å². The van der Waals surface area contributed by atoms with E-state index in [2.05, 4.69) is 42.1 Å². The molecule has 1 aromatic heterocycles. The molecule has 8 nitrogen and oxygen atoms in total. The summed E-state index contributed by atoms with van der Waals surface area (Å²) in [6.07, 6.45) is 8.01. The first-order valence-electron chi connectivity index (χ1n) is 13.3. The van der Waals surface area contributed by atoms with Gasteiger partial charge in [-0.25, -0.2) is 4.79 Å². The van der Waals surface area contributed by atoms with Crippen molar-refractivity contribution in [2.45, 2.75) is 77.3 Å². The van der Waals surface area contributed by atoms with Gasteiger partial charge in [-0.3, -0.25) is 24.0 Å². The van der Waals surface area contributed by atoms with Crippen molar-refractivity contribution in [1.82, 2.24) is 19.4 Å². The van der Waals surface area contributed by atoms with Gasteiger partial charge in [0.15, 0.2) is 0 Å². The van der Waals surface area contributed by atoms with Crippen LogP contribution in [0.1, 0.15) is 71.3 Å². The van der Waals surface area contributed by atoms with E-state index in [1.165, 1.54) is 25.7 Å². The Bertz CT molecular complexity index is 1110. The summed E-state index contributed by atoms with van der Waals surface area (Å²) in [4.78, 5) is 42.3. The van der Waals surface area contributed by atoms with Gasteiger partial charge in [-0.15, -0.1) is 0 Å². The smallest absolute Gasteiger partial charge is 0.329 e. The third-order valence-corrected chi connectivity index (χ3v) is 7.93. The maximum Gasteiger partial charge on any atom is 0.329 e. The van der Waals surface area contributed by atoms with Crippen LogP contribution in [0.3, 0.4) is 0 Å². The molecule has 0 spiro atoms. The van der Waals surface area contributed by atoms with Gasteiger partial charge in [0.05, 0.1) is 16.7 Å². The number of rotatable bonds is 9. The first-order valence-corrected chi connectivity index (χ1v) is 13.3. The molecule has 0 saturated carbocycles. The van der Waals surface area contributed by atoms with Gasteiger partial charge >= 0.3 is 5.69 Å². The van der Waals surface area contributed by atoms with Crippen LogP contribution in [0.2, 0.25) is 0 Å². The molecule has 2 saturated heterocycles. The number of hydrogen-bond acceptors (Lipinski definition) is 5. The highest BCUT2D eigenvalue weighted by Crippen LogP contribution is 2.31. The second kappa shape index (κ2) is 11.0. The highest BCUT2D eigenvalue weighted by Gasteiger charge is 2.32. The number of carbonyl (C=O) groups excluding carboxylic acids is 2. The zero-order valence-electron chi connectivity index (χ0n) is 21.8. The molecule has 2 aromatic rings. The van der Waals surface area contributed by atoms with Gasteiger partial charge in [-0.1, -0.05) is 39.2 Å². The summed E-state index contributed by atoms with van der Waals surface area (Å²) in [6, 6.07) is 5.88. The zero-order valence-corrected chi connectivity index (χ0v) is 21.8. The molecule has 2 unspecified atom stereocenters. The number of aryl methyl sites for hydroxylation is 1. The molecule has 0 aliphatic carbocycles. The second-order valence-corrected chi connectivity index (χ2v) is 10.6. The number of amides is 2. The molecule has 0 bridgehead atoms. The third-order valence-electron chi connectivity index (χ3n) is 7.93. The van der Waals surface area contributed by atoms with Crippen molar-refractivity contribution in [1.29, 1.82) is 0 Å². The molecule has 2 fully saturated rings. The molecule has 192 valence electrons. The predicted molar refractivity (Wildman–Crippen MR) is 140 cm³/mol. The topological polar surface area (TPSA) is 79.6 Å². The van der Waals surface area contributed by atoms with Gasteiger partial charge in [0.1, 0.15) is 6.04 Å². The fraction of sp³-hybridized carbons (Fsp3) is 0.667. The number of para-hydroxylation sites is 1. The molecule has 2 aliphatic rings. The van der Waals surface area contributed by atoms with Crippen LogP contribution >= 0.6 is 0 Å². The average Bonchev–Trinajstić information content (AvgIpc) is 3.09. The molecule has 2 aliphatic heterocycles. The number of aromatic nitrogens is 2. The minimum absolute atomic E-state index is 0.214. The number of nitrogens with zero attached hydrogens (tertiary/aromatic N) is 4. The SMILES string of the molecule is CCCCCC(C)CN(C)C1CCN(c2cccc3c2n(C)c(=O)n3C2CCC(=O)NC2=O)CC1. The lowest BCUT2D eigenvalue weighted by atomic mass is 9.99. The standard InChI is InChI=1S/C27H41N5O3/c1-5-6-7-9-19(2)18-29(3)20-14-16-31(17-15-20)21-10-8-11-22-25(21)30(4)27(35)32(22)23-12-13-24(33)28-26(23)34/h8,10-11,19-20,23H,5-7,9,12-18H2,1-4H3,(H,28,33,34). The van der Waals surface area contributed by atoms with Crippen molar-refractivity contribution in [3.63, 3.8) is 0 Å². The first-order chi connectivity index (χ1) is 16.8. The van der Waals surface area contributed by atoms with Crippen molar-refractivity contribution < 1.29 is 9.59 Å². The number of fused-ring (bicyclic) bond motifs is 1. The van der Waals surface area contributed by atoms with E-state index in [0.29, 0.717) is 12.5 Å². The van der Waals surface area contributed by atoms with Gasteiger partial charge in [0.25, 0.3) is 0 Å². The van der Waals surface area contributed by atoms with Crippen LogP contribution in [0.15, 0.2) is 23.0 Å². The van der Waals surface area contributed by atoms with Crippen LogP contribution in [0.25, 0.3) is 11.0 Å². The summed E-state index contributed by atoms with van der Waals surface area (Å²) < 4.78 is 3.23. The minimum atomic E-state index is -0.655. The van der Waals surface area contributed by atoms with Crippen LogP contribution in [0.4, 0.5) is 5.69 Å². The highest BCUT2D eigenvalue weighted by molar-refractivity contribution is 6.00. The molecule has 4 rings (SSSR count). The number of imide groups is 1. The molecule has 0 radical (unpaired) electrons. The van der Waals surface area contributed by atoms with E-state index in [4.69, 9.17) is 0 Å². The van der Waals surface area contributed by atoms with E-state index in [-0.39, 0.29) is 18.0 Å². The van der Waals surface area contributed by atoms with Crippen molar-refractivity contribution in [3.8, 4) is 0 Å². The second-order valence-electron chi connectivity index (χ2n) is 10.6. The van der Waals surface area contributed by atoms with Crippen LogP contribution in [-0.2, 0) is 16.6 Å². The minimum Gasteiger partial charge on any atom is -0.370 e. The predicted octanol–water partition coefficient (Wildman–Crippen LogP) is 3.43. The first kappa shape index (κ1) is 25.5. The van der Waals surface area contributed by atoms with Gasteiger partial charge in [-0.2, -0.15) is 0 Å². The Morgan fingerprint density at radius 3 is 2.54 bits per heavy atom. The van der Waals surface area contributed by atoms with E-state index in [0.717, 1.165) is 55.1 Å². The summed E-state index contributed by atoms with van der Waals surface area (Å²) in [7, 11) is 4.04. The molecule has 2 amide bonds. The Morgan fingerprint density at radius 2 is 1.86 bits per heavy atom. The molecule has 2 atom stereocenters. The summed E-state index contributed by atoms with van der Waals surface area (Å²) in [5, 5.41) is 2.39. The average molecular weight is 484 g/mol. The Balaban J connectivity index is 1.48. The normalized spacial score (nSPS) is 20.6. The molecule has 8 heteroatoms. The van der Waals surface area contributed by atoms with Gasteiger partial charge < -0.3 is 9.80 Å². The summed E-state index contributed by atoms with van der Waals surface area (Å²) in [6.45, 7) is 7.65. The van der Waals surface area contributed by atoms with Crippen LogP contribution in [0.5, 0.6) is 0 Å². The number of unbranched alkanes of at least 4 members (excludes halogenated alkanes) is 2. The maximum absolute atomic E-state index is 13.2. The van der Waals surface area contributed by atoms with Gasteiger partial charge in [-0.05, 0) is 50.8 Å². The molecular weight excluding hydrogens is 442 g/mol. The monoisotopic (exact) mass is 483 g/mol. The summed E-state index contributed by atoms with van der Waals surface area (Å²) in [5.74, 6) is 0.0531. The quantitative estimate of drug-likeness (QED) is 0.437. The molecule has 1 N–H and O–H groups in total. The molecule has 1 aromatic carbocycles. The third kappa shape index (κ3) is 5.32. The maximum atomic E-state index is 13.2. The largest absolute Gasteiger partial charge is 0.370 e. The number of hydrogen-bond donors (Lipinski definition) is 1. The molecule has 3 heterocycles.